The number of nitrogens with one attached hydrogen (secondary N) is 1. The molecule has 0 spiro atoms. The van der Waals surface area contributed by atoms with Crippen molar-refractivity contribution in [1.82, 2.24) is 10.2 Å². The van der Waals surface area contributed by atoms with Crippen LogP contribution in [0.1, 0.15) is 39.0 Å². The maximum absolute atomic E-state index is 12.0. The number of nitrogens with zero attached hydrogens (tertiary/aromatic N) is 1. The zero-order valence-corrected chi connectivity index (χ0v) is 12.8. The number of rotatable bonds is 9. The van der Waals surface area contributed by atoms with Gasteiger partial charge in [-0.15, -0.1) is 12.4 Å². The van der Waals surface area contributed by atoms with Crippen molar-refractivity contribution in [2.75, 3.05) is 19.6 Å². The molecule has 5 nitrogen and oxygen atoms in total. The van der Waals surface area contributed by atoms with Gasteiger partial charge in [-0.3, -0.25) is 14.5 Å². The summed E-state index contributed by atoms with van der Waals surface area (Å²) in [5.41, 5.74) is 0. The highest BCUT2D eigenvalue weighted by Crippen LogP contribution is 2.44. The predicted octanol–water partition coefficient (Wildman–Crippen LogP) is 1.51. The number of hydrogen-bond acceptors (Lipinski definition) is 3. The molecule has 0 aromatic rings. The van der Waals surface area contributed by atoms with Gasteiger partial charge in [0, 0.05) is 6.04 Å². The Labute approximate surface area is 126 Å². The number of aliphatic carboxylic acids is 1. The lowest BCUT2D eigenvalue weighted by molar-refractivity contribution is -0.138. The highest BCUT2D eigenvalue weighted by atomic mass is 35.5. The lowest BCUT2D eigenvalue weighted by Gasteiger charge is -2.22. The van der Waals surface area contributed by atoms with Crippen LogP contribution in [0.5, 0.6) is 0 Å². The minimum atomic E-state index is -0.873. The molecule has 0 aromatic heterocycles. The number of amides is 1. The number of carbonyl (C=O) groups is 2. The Morgan fingerprint density at radius 1 is 1.20 bits per heavy atom. The van der Waals surface area contributed by atoms with Crippen LogP contribution in [0.2, 0.25) is 0 Å². The normalized spacial score (nSPS) is 17.9. The highest BCUT2D eigenvalue weighted by molar-refractivity contribution is 5.85. The summed E-state index contributed by atoms with van der Waals surface area (Å²) in [7, 11) is 0. The van der Waals surface area contributed by atoms with Crippen molar-refractivity contribution in [3.05, 3.63) is 0 Å². The average molecular weight is 305 g/mol. The van der Waals surface area contributed by atoms with Gasteiger partial charge >= 0.3 is 5.97 Å². The fourth-order valence-electron chi connectivity index (χ4n) is 2.69. The molecule has 0 unspecified atom stereocenters. The molecule has 0 atom stereocenters. The van der Waals surface area contributed by atoms with E-state index < -0.39 is 5.97 Å². The molecule has 0 aromatic carbocycles. The number of carbonyl (C=O) groups excluding carboxylic acids is 1. The summed E-state index contributed by atoms with van der Waals surface area (Å²) in [6.45, 7) is 2.79. The molecule has 0 aliphatic heterocycles. The van der Waals surface area contributed by atoms with Gasteiger partial charge in [0.05, 0.1) is 13.1 Å². The fraction of sp³-hybridized carbons (Fsp3) is 0.857. The van der Waals surface area contributed by atoms with Gasteiger partial charge in [-0.1, -0.05) is 6.92 Å². The second kappa shape index (κ2) is 7.84. The Morgan fingerprint density at radius 3 is 2.15 bits per heavy atom. The van der Waals surface area contributed by atoms with Gasteiger partial charge in [0.1, 0.15) is 0 Å². The van der Waals surface area contributed by atoms with Crippen LogP contribution in [0.15, 0.2) is 0 Å². The lowest BCUT2D eigenvalue weighted by Crippen LogP contribution is -2.45. The van der Waals surface area contributed by atoms with Crippen LogP contribution < -0.4 is 5.32 Å². The summed E-state index contributed by atoms with van der Waals surface area (Å²) in [5, 5.41) is 12.0. The Kier molecular flexibility index (Phi) is 6.76. The molecular weight excluding hydrogens is 280 g/mol. The van der Waals surface area contributed by atoms with Crippen molar-refractivity contribution in [3.8, 4) is 0 Å². The van der Waals surface area contributed by atoms with Crippen molar-refractivity contribution in [3.63, 3.8) is 0 Å². The molecule has 6 heteroatoms. The van der Waals surface area contributed by atoms with E-state index in [2.05, 4.69) is 5.32 Å². The van der Waals surface area contributed by atoms with E-state index in [4.69, 9.17) is 5.11 Å². The first-order chi connectivity index (χ1) is 9.10. The Morgan fingerprint density at radius 2 is 1.75 bits per heavy atom. The zero-order valence-electron chi connectivity index (χ0n) is 12.0. The van der Waals surface area contributed by atoms with Crippen molar-refractivity contribution >= 4 is 24.3 Å². The standard InChI is InChI=1S/C14H24N2O3.ClH/c1-2-7-16(9-13(18)19)8-12(17)15-14(10-3-4-10)11-5-6-11;/h10-11,14H,2-9H2,1H3,(H,15,17)(H,18,19);1H. The van der Waals surface area contributed by atoms with Crippen LogP contribution >= 0.6 is 12.4 Å². The molecule has 2 saturated carbocycles. The Hall–Kier alpha value is -0.810. The average Bonchev–Trinajstić information content (AvgIpc) is 3.17. The highest BCUT2D eigenvalue weighted by Gasteiger charge is 2.42. The molecule has 0 heterocycles. The molecule has 0 bridgehead atoms. The molecule has 0 saturated heterocycles. The number of halogens is 1. The summed E-state index contributed by atoms with van der Waals surface area (Å²) in [5.74, 6) is 0.465. The number of carboxylic acid groups (broad SMARTS) is 1. The first-order valence-electron chi connectivity index (χ1n) is 7.33. The third-order valence-electron chi connectivity index (χ3n) is 3.85. The third-order valence-corrected chi connectivity index (χ3v) is 3.85. The quantitative estimate of drug-likeness (QED) is 0.677. The molecule has 2 rings (SSSR count). The van der Waals surface area contributed by atoms with E-state index in [1.54, 1.807) is 4.90 Å². The van der Waals surface area contributed by atoms with E-state index in [0.29, 0.717) is 24.4 Å². The second-order valence-electron chi connectivity index (χ2n) is 5.87. The SMILES string of the molecule is CCCN(CC(=O)O)CC(=O)NC(C1CC1)C1CC1.Cl. The fourth-order valence-corrected chi connectivity index (χ4v) is 2.69. The smallest absolute Gasteiger partial charge is 0.317 e. The van der Waals surface area contributed by atoms with Crippen LogP contribution in [-0.4, -0.2) is 47.6 Å². The van der Waals surface area contributed by atoms with Crippen molar-refractivity contribution in [1.29, 1.82) is 0 Å². The van der Waals surface area contributed by atoms with E-state index >= 15 is 0 Å². The molecule has 2 aliphatic rings. The first kappa shape index (κ1) is 17.2. The Balaban J connectivity index is 0.00000200. The molecule has 0 radical (unpaired) electrons. The predicted molar refractivity (Wildman–Crippen MR) is 79.0 cm³/mol. The Bertz CT molecular complexity index is 331. The minimum Gasteiger partial charge on any atom is -0.480 e. The summed E-state index contributed by atoms with van der Waals surface area (Å²) in [4.78, 5) is 24.5. The minimum absolute atomic E-state index is 0. The molecule has 2 fully saturated rings. The summed E-state index contributed by atoms with van der Waals surface area (Å²) < 4.78 is 0. The largest absolute Gasteiger partial charge is 0.480 e. The first-order valence-corrected chi connectivity index (χ1v) is 7.33. The van der Waals surface area contributed by atoms with Crippen LogP contribution in [0.3, 0.4) is 0 Å². The van der Waals surface area contributed by atoms with Gasteiger partial charge in [0.15, 0.2) is 0 Å². The van der Waals surface area contributed by atoms with Gasteiger partial charge in [-0.2, -0.15) is 0 Å². The number of carboxylic acids is 1. The van der Waals surface area contributed by atoms with Crippen molar-refractivity contribution in [2.24, 2.45) is 11.8 Å². The summed E-state index contributed by atoms with van der Waals surface area (Å²) in [6.07, 6.45) is 5.78. The van der Waals surface area contributed by atoms with E-state index in [0.717, 1.165) is 6.42 Å². The van der Waals surface area contributed by atoms with Crippen molar-refractivity contribution < 1.29 is 14.7 Å². The van der Waals surface area contributed by atoms with Crippen LogP contribution in [0.25, 0.3) is 0 Å². The van der Waals surface area contributed by atoms with E-state index in [1.165, 1.54) is 25.7 Å². The maximum atomic E-state index is 12.0. The molecule has 2 N–H and O–H groups in total. The van der Waals surface area contributed by atoms with Gasteiger partial charge in [0.25, 0.3) is 0 Å². The maximum Gasteiger partial charge on any atom is 0.317 e. The zero-order chi connectivity index (χ0) is 13.8. The van der Waals surface area contributed by atoms with E-state index in [-0.39, 0.29) is 31.4 Å². The third kappa shape index (κ3) is 5.67. The van der Waals surface area contributed by atoms with Crippen LogP contribution in [0, 0.1) is 11.8 Å². The number of hydrogen-bond donors (Lipinski definition) is 2. The van der Waals surface area contributed by atoms with Gasteiger partial charge < -0.3 is 10.4 Å². The summed E-state index contributed by atoms with van der Waals surface area (Å²) >= 11 is 0. The van der Waals surface area contributed by atoms with Gasteiger partial charge in [0.2, 0.25) is 5.91 Å². The molecule has 2 aliphatic carbocycles. The van der Waals surface area contributed by atoms with E-state index in [1.807, 2.05) is 6.92 Å². The molecule has 116 valence electrons. The molecular formula is C14H25ClN2O3. The second-order valence-corrected chi connectivity index (χ2v) is 5.87. The van der Waals surface area contributed by atoms with Crippen molar-refractivity contribution in [2.45, 2.75) is 45.1 Å². The van der Waals surface area contributed by atoms with E-state index in [9.17, 15) is 9.59 Å². The van der Waals surface area contributed by atoms with Gasteiger partial charge in [-0.25, -0.2) is 0 Å². The monoisotopic (exact) mass is 304 g/mol. The van der Waals surface area contributed by atoms with Crippen LogP contribution in [0.4, 0.5) is 0 Å². The lowest BCUT2D eigenvalue weighted by atomic mass is 10.1. The molecule has 20 heavy (non-hydrogen) atoms. The van der Waals surface area contributed by atoms with Crippen LogP contribution in [-0.2, 0) is 9.59 Å². The molecule has 1 amide bonds. The van der Waals surface area contributed by atoms with Gasteiger partial charge in [-0.05, 0) is 50.5 Å². The topological polar surface area (TPSA) is 69.6 Å². The summed E-state index contributed by atoms with van der Waals surface area (Å²) in [6, 6.07) is 0.348.